The van der Waals surface area contributed by atoms with Gasteiger partial charge in [0.2, 0.25) is 0 Å². The topological polar surface area (TPSA) is 15.8 Å². The highest BCUT2D eigenvalue weighted by molar-refractivity contribution is 8.21. The molecule has 5 heteroatoms. The largest absolute Gasteiger partial charge is 0.362 e. The summed E-state index contributed by atoms with van der Waals surface area (Å²) in [6.45, 7) is 0. The maximum Gasteiger partial charge on any atom is 0.0245 e. The zero-order valence-electron chi connectivity index (χ0n) is 19.3. The third kappa shape index (κ3) is 5.20. The molecule has 0 bridgehead atoms. The Kier molecular flexibility index (Phi) is 7.32. The Hall–Kier alpha value is -2.54. The van der Waals surface area contributed by atoms with E-state index in [1.165, 1.54) is 32.6 Å². The lowest BCUT2D eigenvalue weighted by Gasteiger charge is -2.24. The van der Waals surface area contributed by atoms with Crippen molar-refractivity contribution in [1.29, 1.82) is 0 Å². The molecule has 5 aromatic rings. The second kappa shape index (κ2) is 10.6. The molecule has 4 aromatic carbocycles. The molecular weight excluding hydrogens is 500 g/mol. The van der Waals surface area contributed by atoms with Gasteiger partial charge in [-0.05, 0) is 33.4 Å². The molecule has 0 spiro atoms. The van der Waals surface area contributed by atoms with Crippen molar-refractivity contribution in [3.63, 3.8) is 0 Å². The van der Waals surface area contributed by atoms with E-state index < -0.39 is 12.1 Å². The highest BCUT2D eigenvalue weighted by Gasteiger charge is 2.26. The van der Waals surface area contributed by atoms with Gasteiger partial charge in [0.05, 0.1) is 0 Å². The second-order valence-electron chi connectivity index (χ2n) is 8.65. The first kappa shape index (κ1) is 24.2. The number of nitrogens with one attached hydrogen (secondary N) is 1. The minimum atomic E-state index is -2.01. The minimum absolute atomic E-state index is 0.815. The summed E-state index contributed by atoms with van der Waals surface area (Å²) in [5.41, 5.74) is 2.36. The average Bonchev–Trinajstić information content (AvgIpc) is 3.36. The van der Waals surface area contributed by atoms with Crippen molar-refractivity contribution in [1.82, 2.24) is 4.98 Å². The molecular formula is C30H27NP2S2. The van der Waals surface area contributed by atoms with Gasteiger partial charge in [0.15, 0.2) is 0 Å². The van der Waals surface area contributed by atoms with Gasteiger partial charge in [-0.2, -0.15) is 0 Å². The smallest absolute Gasteiger partial charge is 0.0245 e. The van der Waals surface area contributed by atoms with Crippen LogP contribution in [0.5, 0.6) is 0 Å². The SMILES string of the molecule is S=P(Cc1ccc(CP(=S)(c2ccccc2)c2ccccc2)[nH]1)(c1ccccc1)c1ccccc1. The van der Waals surface area contributed by atoms with Crippen LogP contribution in [0.2, 0.25) is 0 Å². The van der Waals surface area contributed by atoms with Gasteiger partial charge in [0.1, 0.15) is 0 Å². The van der Waals surface area contributed by atoms with Gasteiger partial charge in [0.25, 0.3) is 0 Å². The van der Waals surface area contributed by atoms with Crippen molar-refractivity contribution in [2.45, 2.75) is 12.3 Å². The predicted octanol–water partition coefficient (Wildman–Crippen LogP) is 6.28. The maximum atomic E-state index is 6.47. The van der Waals surface area contributed by atoms with Gasteiger partial charge in [-0.15, -0.1) is 0 Å². The molecule has 174 valence electrons. The van der Waals surface area contributed by atoms with Gasteiger partial charge >= 0.3 is 0 Å². The quantitative estimate of drug-likeness (QED) is 0.239. The van der Waals surface area contributed by atoms with Crippen molar-refractivity contribution >= 4 is 56.9 Å². The predicted molar refractivity (Wildman–Crippen MR) is 161 cm³/mol. The second-order valence-corrected chi connectivity index (χ2v) is 18.0. The van der Waals surface area contributed by atoms with Gasteiger partial charge < -0.3 is 4.98 Å². The van der Waals surface area contributed by atoms with Gasteiger partial charge in [-0.3, -0.25) is 0 Å². The maximum absolute atomic E-state index is 6.47. The van der Waals surface area contributed by atoms with Crippen LogP contribution in [0, 0.1) is 0 Å². The van der Waals surface area contributed by atoms with E-state index in [1.807, 2.05) is 0 Å². The molecule has 0 aliphatic heterocycles. The third-order valence-electron chi connectivity index (χ3n) is 6.29. The molecule has 5 rings (SSSR count). The number of rotatable bonds is 8. The molecule has 0 saturated heterocycles. The Morgan fingerprint density at radius 3 is 0.914 bits per heavy atom. The summed E-state index contributed by atoms with van der Waals surface area (Å²) in [5, 5.41) is 4.99. The van der Waals surface area contributed by atoms with E-state index in [0.29, 0.717) is 0 Å². The monoisotopic (exact) mass is 527 g/mol. The zero-order valence-corrected chi connectivity index (χ0v) is 22.7. The Morgan fingerprint density at radius 1 is 0.400 bits per heavy atom. The fourth-order valence-corrected chi connectivity index (χ4v) is 12.1. The Balaban J connectivity index is 1.49. The zero-order chi connectivity index (χ0) is 24.1. The summed E-state index contributed by atoms with van der Waals surface area (Å²) in [5.74, 6) is 0. The number of hydrogen-bond donors (Lipinski definition) is 1. The molecule has 0 radical (unpaired) electrons. The summed E-state index contributed by atoms with van der Waals surface area (Å²) in [7, 11) is 0. The van der Waals surface area contributed by atoms with Crippen LogP contribution < -0.4 is 21.2 Å². The van der Waals surface area contributed by atoms with Crippen molar-refractivity contribution in [3.8, 4) is 0 Å². The van der Waals surface area contributed by atoms with Crippen LogP contribution in [0.3, 0.4) is 0 Å². The summed E-state index contributed by atoms with van der Waals surface area (Å²) >= 11 is 12.9. The van der Waals surface area contributed by atoms with Crippen LogP contribution in [-0.2, 0) is 35.9 Å². The Labute approximate surface area is 218 Å². The molecule has 0 aliphatic rings. The molecule has 35 heavy (non-hydrogen) atoms. The summed E-state index contributed by atoms with van der Waals surface area (Å²) in [6, 6.07) is 42.8. The summed E-state index contributed by atoms with van der Waals surface area (Å²) in [4.78, 5) is 3.73. The third-order valence-corrected chi connectivity index (χ3v) is 15.7. The molecule has 0 aliphatic carbocycles. The van der Waals surface area contributed by atoms with E-state index in [0.717, 1.165) is 12.3 Å². The van der Waals surface area contributed by atoms with Crippen LogP contribution in [0.15, 0.2) is 133 Å². The first-order chi connectivity index (χ1) is 17.1. The first-order valence-electron chi connectivity index (χ1n) is 11.7. The number of hydrogen-bond acceptors (Lipinski definition) is 2. The van der Waals surface area contributed by atoms with E-state index >= 15 is 0 Å². The molecule has 1 heterocycles. The van der Waals surface area contributed by atoms with Crippen LogP contribution in [-0.4, -0.2) is 4.98 Å². The van der Waals surface area contributed by atoms with Gasteiger partial charge in [0, 0.05) is 35.8 Å². The van der Waals surface area contributed by atoms with Crippen molar-refractivity contribution in [2.24, 2.45) is 0 Å². The van der Waals surface area contributed by atoms with Crippen molar-refractivity contribution < 1.29 is 0 Å². The lowest BCUT2D eigenvalue weighted by Crippen LogP contribution is -2.18. The highest BCUT2D eigenvalue weighted by atomic mass is 32.4. The molecule has 1 nitrogen and oxygen atoms in total. The molecule has 1 N–H and O–H groups in total. The fourth-order valence-electron chi connectivity index (χ4n) is 4.49. The molecule has 0 atom stereocenters. The summed E-state index contributed by atoms with van der Waals surface area (Å²) in [6.07, 6.45) is 1.63. The normalized spacial score (nSPS) is 11.9. The average molecular weight is 528 g/mol. The van der Waals surface area contributed by atoms with E-state index in [4.69, 9.17) is 23.6 Å². The Morgan fingerprint density at radius 2 is 0.657 bits per heavy atom. The van der Waals surface area contributed by atoms with Gasteiger partial charge in [-0.25, -0.2) is 0 Å². The lowest BCUT2D eigenvalue weighted by molar-refractivity contribution is 1.15. The minimum Gasteiger partial charge on any atom is -0.362 e. The fraction of sp³-hybridized carbons (Fsp3) is 0.0667. The number of benzene rings is 4. The lowest BCUT2D eigenvalue weighted by atomic mass is 10.4. The van der Waals surface area contributed by atoms with Crippen LogP contribution >= 0.6 is 12.1 Å². The number of aromatic nitrogens is 1. The van der Waals surface area contributed by atoms with E-state index in [2.05, 4.69) is 138 Å². The van der Waals surface area contributed by atoms with E-state index in [1.54, 1.807) is 0 Å². The standard InChI is InChI=1S/C30H27NP2S2/c34-32(27-13-5-1-6-14-27,28-15-7-2-8-16-28)23-25-21-22-26(31-25)24-33(35,29-17-9-3-10-18-29)30-19-11-4-12-20-30/h1-22,31H,23-24H2. The molecule has 0 saturated carbocycles. The van der Waals surface area contributed by atoms with Crippen molar-refractivity contribution in [2.75, 3.05) is 0 Å². The molecule has 1 aromatic heterocycles. The van der Waals surface area contributed by atoms with Gasteiger partial charge in [-0.1, -0.05) is 145 Å². The van der Waals surface area contributed by atoms with Crippen molar-refractivity contribution in [3.05, 3.63) is 145 Å². The number of H-pyrrole nitrogens is 1. The molecule has 0 fully saturated rings. The van der Waals surface area contributed by atoms with E-state index in [-0.39, 0.29) is 0 Å². The first-order valence-corrected chi connectivity index (χ1v) is 17.6. The highest BCUT2D eigenvalue weighted by Crippen LogP contribution is 2.49. The van der Waals surface area contributed by atoms with E-state index in [9.17, 15) is 0 Å². The molecule has 0 amide bonds. The van der Waals surface area contributed by atoms with Crippen LogP contribution in [0.4, 0.5) is 0 Å². The molecule has 0 unspecified atom stereocenters. The number of aromatic amines is 1. The Bertz CT molecular complexity index is 1280. The summed E-state index contributed by atoms with van der Waals surface area (Å²) < 4.78 is 0. The van der Waals surface area contributed by atoms with Crippen LogP contribution in [0.25, 0.3) is 0 Å². The van der Waals surface area contributed by atoms with Crippen LogP contribution in [0.1, 0.15) is 11.4 Å².